The summed E-state index contributed by atoms with van der Waals surface area (Å²) in [5.41, 5.74) is 0.642. The van der Waals surface area contributed by atoms with Crippen molar-refractivity contribution in [1.82, 2.24) is 9.78 Å². The molecule has 1 N–H and O–H groups in total. The Kier molecular flexibility index (Phi) is 3.29. The van der Waals surface area contributed by atoms with Crippen LogP contribution >= 0.6 is 11.6 Å². The summed E-state index contributed by atoms with van der Waals surface area (Å²) in [5, 5.41) is 14.3. The van der Waals surface area contributed by atoms with Crippen molar-refractivity contribution in [1.29, 1.82) is 0 Å². The second kappa shape index (κ2) is 4.51. The molecule has 1 aromatic heterocycles. The molecule has 15 heavy (non-hydrogen) atoms. The molecule has 84 valence electrons. The number of ether oxygens (including phenoxy) is 1. The van der Waals surface area contributed by atoms with Crippen LogP contribution in [0.2, 0.25) is 5.02 Å². The lowest BCUT2D eigenvalue weighted by atomic mass is 10.2. The number of aromatic nitrogens is 2. The summed E-state index contributed by atoms with van der Waals surface area (Å²) in [5.74, 6) is 0. The van der Waals surface area contributed by atoms with E-state index in [4.69, 9.17) is 16.3 Å². The second-order valence-corrected chi connectivity index (χ2v) is 4.23. The molecule has 5 heteroatoms. The predicted octanol–water partition coefficient (Wildman–Crippen LogP) is 2.29. The van der Waals surface area contributed by atoms with Crippen molar-refractivity contribution in [3.05, 3.63) is 16.9 Å². The largest absolute Gasteiger partial charge is 0.387 e. The van der Waals surface area contributed by atoms with Crippen LogP contribution in [0, 0.1) is 0 Å². The third-order valence-electron chi connectivity index (χ3n) is 2.61. The standard InChI is InChI=1S/C10H15ClN2O2/c1-7(14)10-8(11)6-12-13(10)9-4-2-3-5-15-9/h6-7,9,14H,2-5H2,1H3. The zero-order chi connectivity index (χ0) is 10.8. The molecule has 1 saturated heterocycles. The molecule has 0 saturated carbocycles. The first-order valence-corrected chi connectivity index (χ1v) is 5.60. The normalized spacial score (nSPS) is 24.1. The lowest BCUT2D eigenvalue weighted by Gasteiger charge is -2.25. The van der Waals surface area contributed by atoms with Crippen molar-refractivity contribution < 1.29 is 9.84 Å². The minimum atomic E-state index is -0.620. The minimum absolute atomic E-state index is 0.0733. The molecule has 2 atom stereocenters. The van der Waals surface area contributed by atoms with Gasteiger partial charge in [-0.25, -0.2) is 4.68 Å². The van der Waals surface area contributed by atoms with Gasteiger partial charge in [-0.05, 0) is 26.2 Å². The van der Waals surface area contributed by atoms with Crippen LogP contribution in [0.5, 0.6) is 0 Å². The molecule has 2 rings (SSSR count). The number of hydrogen-bond donors (Lipinski definition) is 1. The maximum absolute atomic E-state index is 9.60. The summed E-state index contributed by atoms with van der Waals surface area (Å²) in [4.78, 5) is 0. The average molecular weight is 231 g/mol. The maximum Gasteiger partial charge on any atom is 0.150 e. The van der Waals surface area contributed by atoms with Crippen LogP contribution in [-0.4, -0.2) is 21.5 Å². The molecule has 2 unspecified atom stereocenters. The van der Waals surface area contributed by atoms with E-state index in [1.54, 1.807) is 17.8 Å². The number of hydrogen-bond acceptors (Lipinski definition) is 3. The molecule has 0 aliphatic carbocycles. The molecule has 0 bridgehead atoms. The molecule has 1 fully saturated rings. The molecule has 1 aliphatic rings. The topological polar surface area (TPSA) is 47.3 Å². The summed E-state index contributed by atoms with van der Waals surface area (Å²) in [6.07, 6.45) is 4.01. The first-order valence-electron chi connectivity index (χ1n) is 5.22. The SMILES string of the molecule is CC(O)c1c(Cl)cnn1C1CCCCO1. The van der Waals surface area contributed by atoms with E-state index in [1.807, 2.05) is 0 Å². The molecule has 1 aromatic rings. The number of halogens is 1. The molecule has 1 aliphatic heterocycles. The molecule has 0 aromatic carbocycles. The van der Waals surface area contributed by atoms with Gasteiger partial charge >= 0.3 is 0 Å². The van der Waals surface area contributed by atoms with Crippen LogP contribution < -0.4 is 0 Å². The smallest absolute Gasteiger partial charge is 0.150 e. The van der Waals surface area contributed by atoms with E-state index in [9.17, 15) is 5.11 Å². The van der Waals surface area contributed by atoms with Crippen molar-refractivity contribution in [2.45, 2.75) is 38.5 Å². The van der Waals surface area contributed by atoms with Crippen LogP contribution in [0.3, 0.4) is 0 Å². The van der Waals surface area contributed by atoms with Crippen LogP contribution in [0.25, 0.3) is 0 Å². The highest BCUT2D eigenvalue weighted by Crippen LogP contribution is 2.29. The van der Waals surface area contributed by atoms with E-state index in [-0.39, 0.29) is 6.23 Å². The Labute approximate surface area is 93.8 Å². The van der Waals surface area contributed by atoms with Gasteiger partial charge in [0, 0.05) is 6.61 Å². The predicted molar refractivity (Wildman–Crippen MR) is 56.7 cm³/mol. The fraction of sp³-hybridized carbons (Fsp3) is 0.700. The molecular formula is C10H15ClN2O2. The van der Waals surface area contributed by atoms with Crippen molar-refractivity contribution in [2.75, 3.05) is 6.61 Å². The first kappa shape index (κ1) is 10.9. The third-order valence-corrected chi connectivity index (χ3v) is 2.90. The molecule has 4 nitrogen and oxygen atoms in total. The summed E-state index contributed by atoms with van der Waals surface area (Å²) >= 11 is 5.96. The highest BCUT2D eigenvalue weighted by molar-refractivity contribution is 6.31. The summed E-state index contributed by atoms with van der Waals surface area (Å²) < 4.78 is 7.30. The molecular weight excluding hydrogens is 216 g/mol. The zero-order valence-corrected chi connectivity index (χ0v) is 9.44. The molecule has 0 amide bonds. The van der Waals surface area contributed by atoms with Crippen molar-refractivity contribution >= 4 is 11.6 Å². The Morgan fingerprint density at radius 3 is 3.07 bits per heavy atom. The molecule has 0 radical (unpaired) electrons. The fourth-order valence-corrected chi connectivity index (χ4v) is 2.18. The summed E-state index contributed by atoms with van der Waals surface area (Å²) in [7, 11) is 0. The van der Waals surface area contributed by atoms with Crippen LogP contribution in [0.4, 0.5) is 0 Å². The highest BCUT2D eigenvalue weighted by atomic mass is 35.5. The first-order chi connectivity index (χ1) is 7.20. The Balaban J connectivity index is 2.26. The quantitative estimate of drug-likeness (QED) is 0.848. The Morgan fingerprint density at radius 2 is 2.47 bits per heavy atom. The van der Waals surface area contributed by atoms with Gasteiger partial charge in [0.25, 0.3) is 0 Å². The van der Waals surface area contributed by atoms with Crippen LogP contribution in [-0.2, 0) is 4.74 Å². The number of aliphatic hydroxyl groups is 1. The zero-order valence-electron chi connectivity index (χ0n) is 8.69. The van der Waals surface area contributed by atoms with E-state index in [0.717, 1.165) is 25.9 Å². The van der Waals surface area contributed by atoms with Crippen molar-refractivity contribution in [3.8, 4) is 0 Å². The molecule has 0 spiro atoms. The lowest BCUT2D eigenvalue weighted by molar-refractivity contribution is -0.0441. The second-order valence-electron chi connectivity index (χ2n) is 3.82. The Bertz CT molecular complexity index is 332. The average Bonchev–Trinajstić information content (AvgIpc) is 2.61. The fourth-order valence-electron chi connectivity index (χ4n) is 1.89. The van der Waals surface area contributed by atoms with Gasteiger partial charge in [0.1, 0.15) is 0 Å². The van der Waals surface area contributed by atoms with Gasteiger partial charge in [-0.15, -0.1) is 0 Å². The summed E-state index contributed by atoms with van der Waals surface area (Å²) in [6, 6.07) is 0. The van der Waals surface area contributed by atoms with Gasteiger partial charge in [0.15, 0.2) is 6.23 Å². The van der Waals surface area contributed by atoms with E-state index in [1.165, 1.54) is 0 Å². The Morgan fingerprint density at radius 1 is 1.67 bits per heavy atom. The molecule has 2 heterocycles. The van der Waals surface area contributed by atoms with Gasteiger partial charge in [0.2, 0.25) is 0 Å². The van der Waals surface area contributed by atoms with Gasteiger partial charge in [-0.3, -0.25) is 0 Å². The van der Waals surface area contributed by atoms with Crippen molar-refractivity contribution in [3.63, 3.8) is 0 Å². The van der Waals surface area contributed by atoms with Gasteiger partial charge < -0.3 is 9.84 Å². The number of rotatable bonds is 2. The summed E-state index contributed by atoms with van der Waals surface area (Å²) in [6.45, 7) is 2.43. The van der Waals surface area contributed by atoms with Gasteiger partial charge in [0.05, 0.1) is 23.0 Å². The van der Waals surface area contributed by atoms with Crippen LogP contribution in [0.1, 0.15) is 44.2 Å². The van der Waals surface area contributed by atoms with E-state index in [0.29, 0.717) is 10.7 Å². The van der Waals surface area contributed by atoms with E-state index >= 15 is 0 Å². The monoisotopic (exact) mass is 230 g/mol. The van der Waals surface area contributed by atoms with Crippen LogP contribution in [0.15, 0.2) is 6.20 Å². The van der Waals surface area contributed by atoms with E-state index in [2.05, 4.69) is 5.10 Å². The van der Waals surface area contributed by atoms with Gasteiger partial charge in [-0.1, -0.05) is 11.6 Å². The highest BCUT2D eigenvalue weighted by Gasteiger charge is 2.23. The third kappa shape index (κ3) is 2.17. The lowest BCUT2D eigenvalue weighted by Crippen LogP contribution is -2.21. The number of aliphatic hydroxyl groups excluding tert-OH is 1. The van der Waals surface area contributed by atoms with E-state index < -0.39 is 6.10 Å². The van der Waals surface area contributed by atoms with Gasteiger partial charge in [-0.2, -0.15) is 5.10 Å². The Hall–Kier alpha value is -0.580. The van der Waals surface area contributed by atoms with Crippen molar-refractivity contribution in [2.24, 2.45) is 0 Å². The minimum Gasteiger partial charge on any atom is -0.387 e. The maximum atomic E-state index is 9.60. The number of nitrogens with zero attached hydrogens (tertiary/aromatic N) is 2.